The van der Waals surface area contributed by atoms with Gasteiger partial charge in [-0.1, -0.05) is 6.42 Å². The molecular formula is C32H51ClO21. The lowest BCUT2D eigenvalue weighted by Crippen LogP contribution is -2.66. The van der Waals surface area contributed by atoms with Gasteiger partial charge in [0.15, 0.2) is 31.1 Å². The van der Waals surface area contributed by atoms with Crippen LogP contribution in [0.1, 0.15) is 45.4 Å². The molecule has 0 unspecified atom stereocenters. The summed E-state index contributed by atoms with van der Waals surface area (Å²) in [7, 11) is 1.25. The maximum atomic E-state index is 13.1. The molecule has 0 spiro atoms. The summed E-state index contributed by atoms with van der Waals surface area (Å²) in [5.74, 6) is -3.52. The first-order valence-electron chi connectivity index (χ1n) is 17.3. The monoisotopic (exact) mass is 806 g/mol. The van der Waals surface area contributed by atoms with Gasteiger partial charge in [0, 0.05) is 19.4 Å². The van der Waals surface area contributed by atoms with Crippen LogP contribution in [0.3, 0.4) is 0 Å². The number of hydrogen-bond donors (Lipinski definition) is 8. The van der Waals surface area contributed by atoms with Gasteiger partial charge in [0.1, 0.15) is 72.7 Å². The normalized spacial score (nSPS) is 37.0. The van der Waals surface area contributed by atoms with E-state index in [1.807, 2.05) is 0 Å². The van der Waals surface area contributed by atoms with Crippen LogP contribution < -0.4 is 0 Å². The Kier molecular flexibility index (Phi) is 19.3. The zero-order valence-corrected chi connectivity index (χ0v) is 30.5. The Morgan fingerprint density at radius 1 is 0.593 bits per heavy atom. The van der Waals surface area contributed by atoms with Gasteiger partial charge < -0.3 is 88.3 Å². The van der Waals surface area contributed by atoms with Gasteiger partial charge in [0.25, 0.3) is 0 Å². The predicted molar refractivity (Wildman–Crippen MR) is 174 cm³/mol. The molecule has 0 bridgehead atoms. The van der Waals surface area contributed by atoms with Crippen LogP contribution in [0.2, 0.25) is 0 Å². The van der Waals surface area contributed by atoms with Crippen LogP contribution in [-0.2, 0) is 61.8 Å². The summed E-state index contributed by atoms with van der Waals surface area (Å²) >= 11 is 5.75. The first-order chi connectivity index (χ1) is 25.7. The number of carbonyl (C=O) groups excluding carboxylic acids is 4. The van der Waals surface area contributed by atoms with Crippen LogP contribution in [0.5, 0.6) is 0 Å². The lowest BCUT2D eigenvalue weighted by atomic mass is 9.96. The van der Waals surface area contributed by atoms with Crippen molar-refractivity contribution in [2.24, 2.45) is 0 Å². The maximum absolute atomic E-state index is 13.1. The quantitative estimate of drug-likeness (QED) is 0.0251. The number of aliphatic hydroxyl groups is 8. The summed E-state index contributed by atoms with van der Waals surface area (Å²) in [6.07, 6.45) is -25.2. The number of rotatable bonds is 20. The molecule has 3 heterocycles. The molecule has 312 valence electrons. The second kappa shape index (κ2) is 22.5. The molecule has 21 nitrogen and oxygen atoms in total. The third-order valence-electron chi connectivity index (χ3n) is 8.86. The van der Waals surface area contributed by atoms with E-state index in [1.165, 1.54) is 14.0 Å². The average molecular weight is 807 g/mol. The Morgan fingerprint density at radius 3 is 1.74 bits per heavy atom. The molecule has 15 atom stereocenters. The van der Waals surface area contributed by atoms with Gasteiger partial charge in [-0.25, -0.2) is 0 Å². The summed E-state index contributed by atoms with van der Waals surface area (Å²) in [4.78, 5) is 49.0. The fourth-order valence-electron chi connectivity index (χ4n) is 5.82. The lowest BCUT2D eigenvalue weighted by molar-refractivity contribution is -0.367. The topological polar surface area (TPSA) is 313 Å². The number of alkyl halides is 1. The molecule has 3 aliphatic heterocycles. The number of esters is 3. The van der Waals surface area contributed by atoms with Crippen molar-refractivity contribution in [1.82, 2.24) is 0 Å². The minimum absolute atomic E-state index is 0.0864. The molecule has 22 heteroatoms. The van der Waals surface area contributed by atoms with E-state index in [2.05, 4.69) is 4.74 Å². The molecule has 3 rings (SSSR count). The SMILES string of the molecule is COC(=O)CCCCCO[C@@H]1O[C@H](CO[C@@H]2O[C@H](CO)[C@@H](O)[C@H](O)[C@H]2O)[C@H](OC(=O)CCC(C)=O)[C@H](O[C@H]2O[C@H](CO)[C@H](O)[C@H](O)[C@H]2O)[C@H]1OC(=O)CCl. The molecule has 0 aliphatic carbocycles. The van der Waals surface area contributed by atoms with Crippen molar-refractivity contribution in [3.05, 3.63) is 0 Å². The molecule has 8 N–H and O–H groups in total. The Labute approximate surface area is 314 Å². The number of ether oxygens (including phenoxy) is 9. The van der Waals surface area contributed by atoms with Gasteiger partial charge in [-0.15, -0.1) is 11.6 Å². The summed E-state index contributed by atoms with van der Waals surface area (Å²) in [6, 6.07) is 0. The van der Waals surface area contributed by atoms with Crippen LogP contribution in [0.25, 0.3) is 0 Å². The number of hydrogen-bond acceptors (Lipinski definition) is 21. The smallest absolute Gasteiger partial charge is 0.321 e. The molecule has 3 fully saturated rings. The van der Waals surface area contributed by atoms with Gasteiger partial charge in [-0.2, -0.15) is 0 Å². The zero-order valence-electron chi connectivity index (χ0n) is 29.7. The van der Waals surface area contributed by atoms with Crippen LogP contribution in [0.4, 0.5) is 0 Å². The van der Waals surface area contributed by atoms with E-state index in [9.17, 15) is 60.0 Å². The Balaban J connectivity index is 2.01. The first kappa shape index (κ1) is 46.2. The maximum Gasteiger partial charge on any atom is 0.321 e. The van der Waals surface area contributed by atoms with E-state index in [1.54, 1.807) is 0 Å². The number of unbranched alkanes of at least 4 members (excludes halogenated alkanes) is 2. The number of methoxy groups -OCH3 is 1. The number of Topliss-reactive ketones (excluding diaryl/α,β-unsaturated/α-hetero) is 1. The minimum Gasteiger partial charge on any atom is -0.469 e. The van der Waals surface area contributed by atoms with Gasteiger partial charge in [-0.05, 0) is 19.8 Å². The number of halogens is 1. The van der Waals surface area contributed by atoms with Gasteiger partial charge in [0.05, 0.1) is 33.4 Å². The van der Waals surface area contributed by atoms with E-state index in [0.29, 0.717) is 19.3 Å². The molecule has 3 saturated heterocycles. The Hall–Kier alpha value is -2.19. The standard InChI is InChI=1S/C32H51ClO21/c1-14(36)7-8-19(38)52-27-17(13-48-30-25(44)23(42)21(40)15(11-34)49-30)51-32(47-9-5-3-4-6-18(37)46-2)29(53-20(39)10-33)28(27)54-31-26(45)24(43)22(41)16(12-35)50-31/h15-17,21-32,34-35,40-45H,3-13H2,1-2H3/t15-,16-,17-,21-,22+,23+,24+,25-,26-,27+,28+,29-,30-,31-,32-/m1/s1. The van der Waals surface area contributed by atoms with E-state index >= 15 is 0 Å². The third-order valence-corrected chi connectivity index (χ3v) is 9.08. The second-order valence-corrected chi connectivity index (χ2v) is 13.1. The van der Waals surface area contributed by atoms with E-state index < -0.39 is 142 Å². The van der Waals surface area contributed by atoms with Crippen molar-refractivity contribution < 1.29 is 103 Å². The fraction of sp³-hybridized carbons (Fsp3) is 0.875. The predicted octanol–water partition coefficient (Wildman–Crippen LogP) is -4.11. The number of carbonyl (C=O) groups is 4. The molecule has 0 amide bonds. The van der Waals surface area contributed by atoms with Gasteiger partial charge >= 0.3 is 17.9 Å². The van der Waals surface area contributed by atoms with E-state index in [-0.39, 0.29) is 25.2 Å². The van der Waals surface area contributed by atoms with Gasteiger partial charge in [0.2, 0.25) is 0 Å². The van der Waals surface area contributed by atoms with Crippen molar-refractivity contribution in [2.45, 2.75) is 138 Å². The molecule has 0 aromatic heterocycles. The molecule has 0 radical (unpaired) electrons. The van der Waals surface area contributed by atoms with Gasteiger partial charge in [-0.3, -0.25) is 14.4 Å². The van der Waals surface area contributed by atoms with Crippen molar-refractivity contribution in [3.8, 4) is 0 Å². The highest BCUT2D eigenvalue weighted by Gasteiger charge is 2.55. The highest BCUT2D eigenvalue weighted by molar-refractivity contribution is 6.26. The molecule has 0 aromatic rings. The Morgan fingerprint density at radius 2 is 1.17 bits per heavy atom. The summed E-state index contributed by atoms with van der Waals surface area (Å²) in [5, 5.41) is 82.1. The van der Waals surface area contributed by atoms with E-state index in [0.717, 1.165) is 0 Å². The van der Waals surface area contributed by atoms with Crippen molar-refractivity contribution >= 4 is 35.3 Å². The van der Waals surface area contributed by atoms with Crippen LogP contribution in [0.15, 0.2) is 0 Å². The zero-order chi connectivity index (χ0) is 40.1. The lowest BCUT2D eigenvalue weighted by Gasteiger charge is -2.48. The summed E-state index contributed by atoms with van der Waals surface area (Å²) < 4.78 is 50.6. The fourth-order valence-corrected chi connectivity index (χ4v) is 5.88. The summed E-state index contributed by atoms with van der Waals surface area (Å²) in [6.45, 7) is -1.17. The largest absolute Gasteiger partial charge is 0.469 e. The van der Waals surface area contributed by atoms with Crippen LogP contribution in [0, 0.1) is 0 Å². The molecule has 0 aromatic carbocycles. The van der Waals surface area contributed by atoms with Crippen LogP contribution in [-0.4, -0.2) is 196 Å². The first-order valence-corrected chi connectivity index (χ1v) is 17.9. The molecular weight excluding hydrogens is 756 g/mol. The van der Waals surface area contributed by atoms with Crippen molar-refractivity contribution in [3.63, 3.8) is 0 Å². The molecule has 54 heavy (non-hydrogen) atoms. The second-order valence-electron chi connectivity index (χ2n) is 12.9. The minimum atomic E-state index is -2.00. The third kappa shape index (κ3) is 12.7. The highest BCUT2D eigenvalue weighted by Crippen LogP contribution is 2.34. The Bertz CT molecular complexity index is 1190. The average Bonchev–Trinajstić information content (AvgIpc) is 3.15. The number of ketones is 1. The molecule has 3 aliphatic rings. The van der Waals surface area contributed by atoms with Crippen molar-refractivity contribution in [2.75, 3.05) is 39.4 Å². The highest BCUT2D eigenvalue weighted by atomic mass is 35.5. The van der Waals surface area contributed by atoms with Crippen molar-refractivity contribution in [1.29, 1.82) is 0 Å². The van der Waals surface area contributed by atoms with Crippen LogP contribution >= 0.6 is 11.6 Å². The summed E-state index contributed by atoms with van der Waals surface area (Å²) in [5.41, 5.74) is 0. The van der Waals surface area contributed by atoms with E-state index in [4.69, 9.17) is 49.5 Å². The molecule has 0 saturated carbocycles. The number of aliphatic hydroxyl groups excluding tert-OH is 8.